The highest BCUT2D eigenvalue weighted by Crippen LogP contribution is 2.24. The summed E-state index contributed by atoms with van der Waals surface area (Å²) in [6, 6.07) is 0. The van der Waals surface area contributed by atoms with Crippen molar-refractivity contribution in [2.45, 2.75) is 12.8 Å². The molecule has 2 aliphatic rings. The molecule has 0 saturated carbocycles. The SMILES string of the molecule is O=C1C=C2C(=O)C=CCC2=CC1. The van der Waals surface area contributed by atoms with E-state index in [4.69, 9.17) is 0 Å². The molecule has 0 unspecified atom stereocenters. The molecule has 0 aromatic carbocycles. The molecule has 2 aliphatic carbocycles. The molecule has 0 atom stereocenters. The molecule has 0 amide bonds. The predicted octanol–water partition coefficient (Wildman–Crippen LogP) is 1.34. The number of ketones is 2. The van der Waals surface area contributed by atoms with Crippen molar-refractivity contribution in [1.82, 2.24) is 0 Å². The second-order valence-corrected chi connectivity index (χ2v) is 2.93. The molecule has 0 fully saturated rings. The Morgan fingerprint density at radius 2 is 2.00 bits per heavy atom. The third kappa shape index (κ3) is 1.05. The van der Waals surface area contributed by atoms with Gasteiger partial charge in [0.05, 0.1) is 0 Å². The molecule has 0 aliphatic heterocycles. The van der Waals surface area contributed by atoms with Crippen LogP contribution in [0.25, 0.3) is 0 Å². The number of carbonyl (C=O) groups excluding carboxylic acids is 2. The Balaban J connectivity index is 2.47. The van der Waals surface area contributed by atoms with Gasteiger partial charge in [-0.3, -0.25) is 9.59 Å². The number of hydrogen-bond donors (Lipinski definition) is 0. The molecule has 12 heavy (non-hydrogen) atoms. The maximum Gasteiger partial charge on any atom is 0.185 e. The molecule has 0 radical (unpaired) electrons. The summed E-state index contributed by atoms with van der Waals surface area (Å²) >= 11 is 0. The van der Waals surface area contributed by atoms with Crippen molar-refractivity contribution in [2.24, 2.45) is 0 Å². The monoisotopic (exact) mass is 160 g/mol. The maximum atomic E-state index is 11.2. The zero-order valence-corrected chi connectivity index (χ0v) is 6.54. The molecular weight excluding hydrogens is 152 g/mol. The fraction of sp³-hybridized carbons (Fsp3) is 0.200. The molecule has 0 saturated heterocycles. The van der Waals surface area contributed by atoms with Crippen LogP contribution in [0.1, 0.15) is 12.8 Å². The zero-order chi connectivity index (χ0) is 8.55. The highest BCUT2D eigenvalue weighted by atomic mass is 16.1. The van der Waals surface area contributed by atoms with Crippen LogP contribution < -0.4 is 0 Å². The van der Waals surface area contributed by atoms with Gasteiger partial charge in [0.1, 0.15) is 0 Å². The molecule has 0 aromatic rings. The predicted molar refractivity (Wildman–Crippen MR) is 44.6 cm³/mol. The van der Waals surface area contributed by atoms with E-state index >= 15 is 0 Å². The molecule has 0 heterocycles. The van der Waals surface area contributed by atoms with Gasteiger partial charge in [0.2, 0.25) is 0 Å². The third-order valence-electron chi connectivity index (χ3n) is 2.07. The van der Waals surface area contributed by atoms with Crippen LogP contribution in [0.3, 0.4) is 0 Å². The quantitative estimate of drug-likeness (QED) is 0.536. The van der Waals surface area contributed by atoms with E-state index in [0.717, 1.165) is 12.0 Å². The topological polar surface area (TPSA) is 34.1 Å². The van der Waals surface area contributed by atoms with E-state index < -0.39 is 0 Å². The van der Waals surface area contributed by atoms with Gasteiger partial charge < -0.3 is 0 Å². The first-order chi connectivity index (χ1) is 5.77. The van der Waals surface area contributed by atoms with Gasteiger partial charge in [-0.1, -0.05) is 12.2 Å². The Morgan fingerprint density at radius 1 is 1.17 bits per heavy atom. The first-order valence-corrected chi connectivity index (χ1v) is 3.92. The maximum absolute atomic E-state index is 11.2. The Labute approximate surface area is 70.3 Å². The minimum Gasteiger partial charge on any atom is -0.294 e. The number of fused-ring (bicyclic) bond motifs is 1. The van der Waals surface area contributed by atoms with Gasteiger partial charge in [0, 0.05) is 12.0 Å². The summed E-state index contributed by atoms with van der Waals surface area (Å²) in [5, 5.41) is 0. The second-order valence-electron chi connectivity index (χ2n) is 2.93. The van der Waals surface area contributed by atoms with Gasteiger partial charge in [-0.05, 0) is 24.1 Å². The fourth-order valence-electron chi connectivity index (χ4n) is 1.45. The van der Waals surface area contributed by atoms with Crippen LogP contribution >= 0.6 is 0 Å². The normalized spacial score (nSPS) is 21.7. The Kier molecular flexibility index (Phi) is 1.54. The van der Waals surface area contributed by atoms with Crippen LogP contribution in [0.15, 0.2) is 35.5 Å². The summed E-state index contributed by atoms with van der Waals surface area (Å²) in [4.78, 5) is 22.2. The lowest BCUT2D eigenvalue weighted by Crippen LogP contribution is -2.12. The highest BCUT2D eigenvalue weighted by Gasteiger charge is 2.19. The Hall–Kier alpha value is -1.44. The van der Waals surface area contributed by atoms with Crippen LogP contribution in [0.4, 0.5) is 0 Å². The van der Waals surface area contributed by atoms with E-state index in [1.54, 1.807) is 0 Å². The van der Waals surface area contributed by atoms with Gasteiger partial charge in [0.15, 0.2) is 11.6 Å². The summed E-state index contributed by atoms with van der Waals surface area (Å²) in [6.07, 6.45) is 7.90. The van der Waals surface area contributed by atoms with Crippen molar-refractivity contribution in [2.75, 3.05) is 0 Å². The van der Waals surface area contributed by atoms with Crippen molar-refractivity contribution in [3.8, 4) is 0 Å². The van der Waals surface area contributed by atoms with Gasteiger partial charge in [0.25, 0.3) is 0 Å². The minimum absolute atomic E-state index is 0.0254. The molecule has 0 bridgehead atoms. The van der Waals surface area contributed by atoms with Crippen LogP contribution in [-0.2, 0) is 9.59 Å². The first-order valence-electron chi connectivity index (χ1n) is 3.92. The number of hydrogen-bond acceptors (Lipinski definition) is 2. The summed E-state index contributed by atoms with van der Waals surface area (Å²) in [7, 11) is 0. The van der Waals surface area contributed by atoms with Gasteiger partial charge in [-0.2, -0.15) is 0 Å². The fourth-order valence-corrected chi connectivity index (χ4v) is 1.45. The van der Waals surface area contributed by atoms with Crippen molar-refractivity contribution < 1.29 is 9.59 Å². The smallest absolute Gasteiger partial charge is 0.185 e. The average molecular weight is 160 g/mol. The average Bonchev–Trinajstić information content (AvgIpc) is 2.07. The summed E-state index contributed by atoms with van der Waals surface area (Å²) in [5.41, 5.74) is 1.59. The van der Waals surface area contributed by atoms with Gasteiger partial charge in [-0.25, -0.2) is 0 Å². The van der Waals surface area contributed by atoms with E-state index in [1.165, 1.54) is 12.2 Å². The van der Waals surface area contributed by atoms with Gasteiger partial charge >= 0.3 is 0 Å². The lowest BCUT2D eigenvalue weighted by molar-refractivity contribution is -0.115. The zero-order valence-electron chi connectivity index (χ0n) is 6.54. The minimum atomic E-state index is -0.0412. The first kappa shape index (κ1) is 7.22. The third-order valence-corrected chi connectivity index (χ3v) is 2.07. The molecule has 0 aromatic heterocycles. The molecule has 60 valence electrons. The highest BCUT2D eigenvalue weighted by molar-refractivity contribution is 6.13. The van der Waals surface area contributed by atoms with Crippen LogP contribution in [-0.4, -0.2) is 11.6 Å². The summed E-state index contributed by atoms with van der Waals surface area (Å²) < 4.78 is 0. The van der Waals surface area contributed by atoms with E-state index in [1.807, 2.05) is 12.2 Å². The van der Waals surface area contributed by atoms with Crippen molar-refractivity contribution in [3.63, 3.8) is 0 Å². The molecule has 0 spiro atoms. The van der Waals surface area contributed by atoms with Crippen molar-refractivity contribution >= 4 is 11.6 Å². The lowest BCUT2D eigenvalue weighted by atomic mass is 9.88. The Morgan fingerprint density at radius 3 is 2.83 bits per heavy atom. The lowest BCUT2D eigenvalue weighted by Gasteiger charge is -2.14. The van der Waals surface area contributed by atoms with E-state index in [-0.39, 0.29) is 11.6 Å². The van der Waals surface area contributed by atoms with E-state index in [2.05, 4.69) is 0 Å². The molecule has 2 nitrogen and oxygen atoms in total. The standard InChI is InChI=1S/C10H8O2/c11-8-5-4-7-2-1-3-10(12)9(7)6-8/h1,3-4,6H,2,5H2. The number of carbonyl (C=O) groups is 2. The summed E-state index contributed by atoms with van der Waals surface area (Å²) in [5.74, 6) is -0.0158. The number of allylic oxidation sites excluding steroid dienone is 6. The molecule has 0 N–H and O–H groups in total. The van der Waals surface area contributed by atoms with Crippen LogP contribution in [0.5, 0.6) is 0 Å². The van der Waals surface area contributed by atoms with Crippen molar-refractivity contribution in [1.29, 1.82) is 0 Å². The second kappa shape index (κ2) is 2.55. The van der Waals surface area contributed by atoms with Crippen LogP contribution in [0, 0.1) is 0 Å². The van der Waals surface area contributed by atoms with E-state index in [0.29, 0.717) is 12.0 Å². The van der Waals surface area contributed by atoms with E-state index in [9.17, 15) is 9.59 Å². The molecule has 2 rings (SSSR count). The number of rotatable bonds is 0. The van der Waals surface area contributed by atoms with Gasteiger partial charge in [-0.15, -0.1) is 0 Å². The molecule has 2 heteroatoms. The largest absolute Gasteiger partial charge is 0.294 e. The summed E-state index contributed by atoms with van der Waals surface area (Å²) in [6.45, 7) is 0. The molecular formula is C10H8O2. The van der Waals surface area contributed by atoms with Crippen molar-refractivity contribution in [3.05, 3.63) is 35.5 Å². The van der Waals surface area contributed by atoms with Crippen LogP contribution in [0.2, 0.25) is 0 Å². The Bertz CT molecular complexity index is 343.